The van der Waals surface area contributed by atoms with Gasteiger partial charge >= 0.3 is 0 Å². The van der Waals surface area contributed by atoms with E-state index in [0.717, 1.165) is 12.8 Å². The molecule has 0 N–H and O–H groups in total. The van der Waals surface area contributed by atoms with E-state index in [-0.39, 0.29) is 11.5 Å². The largest absolute Gasteiger partial charge is 0.380 e. The molecular formula is C22H31NO. The van der Waals surface area contributed by atoms with Crippen molar-refractivity contribution in [3.8, 4) is 0 Å². The normalized spacial score (nSPS) is 14.6. The minimum absolute atomic E-state index is 0.129. The van der Waals surface area contributed by atoms with Gasteiger partial charge in [-0.25, -0.2) is 0 Å². The molecule has 2 heteroatoms. The summed E-state index contributed by atoms with van der Waals surface area (Å²) in [7, 11) is 6.15. The van der Waals surface area contributed by atoms with Crippen LogP contribution in [0.15, 0.2) is 60.7 Å². The number of rotatable bonds is 8. The molecule has 2 rings (SSSR count). The fourth-order valence-corrected chi connectivity index (χ4v) is 3.74. The maximum Gasteiger partial charge on any atom is 0.0706 e. The molecule has 2 atom stereocenters. The average molecular weight is 325 g/mol. The molecular weight excluding hydrogens is 294 g/mol. The SMILES string of the molecule is CCC(OC)C(CC(C)N(C)C)(c1ccccc1)c1ccccc1. The van der Waals surface area contributed by atoms with E-state index in [0.29, 0.717) is 6.04 Å². The monoisotopic (exact) mass is 325 g/mol. The quantitative estimate of drug-likeness (QED) is 0.695. The zero-order valence-electron chi connectivity index (χ0n) is 15.7. The van der Waals surface area contributed by atoms with Crippen molar-refractivity contribution in [2.45, 2.75) is 44.2 Å². The van der Waals surface area contributed by atoms with Crippen LogP contribution in [0.25, 0.3) is 0 Å². The van der Waals surface area contributed by atoms with E-state index in [9.17, 15) is 0 Å². The Labute approximate surface area is 147 Å². The molecule has 0 aliphatic rings. The second-order valence-corrected chi connectivity index (χ2v) is 6.85. The van der Waals surface area contributed by atoms with Gasteiger partial charge in [0.1, 0.15) is 0 Å². The van der Waals surface area contributed by atoms with Crippen LogP contribution in [0, 0.1) is 0 Å². The topological polar surface area (TPSA) is 12.5 Å². The lowest BCUT2D eigenvalue weighted by Crippen LogP contribution is -2.46. The summed E-state index contributed by atoms with van der Waals surface area (Å²) >= 11 is 0. The molecule has 2 aromatic carbocycles. The van der Waals surface area contributed by atoms with Gasteiger partial charge in [0.25, 0.3) is 0 Å². The van der Waals surface area contributed by atoms with Crippen LogP contribution in [0.1, 0.15) is 37.8 Å². The van der Waals surface area contributed by atoms with E-state index < -0.39 is 0 Å². The fourth-order valence-electron chi connectivity index (χ4n) is 3.74. The van der Waals surface area contributed by atoms with Crippen molar-refractivity contribution in [1.82, 2.24) is 4.90 Å². The molecule has 0 saturated heterocycles. The Morgan fingerprint density at radius 2 is 1.38 bits per heavy atom. The second-order valence-electron chi connectivity index (χ2n) is 6.85. The standard InChI is InChI=1S/C22H31NO/c1-6-21(24-5)22(17-18(2)23(3)4,19-13-9-7-10-14-19)20-15-11-8-12-16-20/h7-16,18,21H,6,17H2,1-5H3. The van der Waals surface area contributed by atoms with Crippen LogP contribution in [0.2, 0.25) is 0 Å². The summed E-state index contributed by atoms with van der Waals surface area (Å²) in [5.41, 5.74) is 2.51. The van der Waals surface area contributed by atoms with Gasteiger partial charge in [-0.15, -0.1) is 0 Å². The second kappa shape index (κ2) is 8.46. The Morgan fingerprint density at radius 1 is 0.917 bits per heavy atom. The van der Waals surface area contributed by atoms with Gasteiger partial charge in [-0.1, -0.05) is 67.6 Å². The molecule has 0 bridgehead atoms. The minimum Gasteiger partial charge on any atom is -0.380 e. The number of ether oxygens (including phenoxy) is 1. The molecule has 0 aromatic heterocycles. The van der Waals surface area contributed by atoms with Crippen molar-refractivity contribution < 1.29 is 4.74 Å². The summed E-state index contributed by atoms with van der Waals surface area (Å²) in [4.78, 5) is 2.29. The molecule has 0 aliphatic heterocycles. The van der Waals surface area contributed by atoms with Crippen molar-refractivity contribution in [3.05, 3.63) is 71.8 Å². The first-order chi connectivity index (χ1) is 11.6. The van der Waals surface area contributed by atoms with Crippen molar-refractivity contribution in [1.29, 1.82) is 0 Å². The first-order valence-electron chi connectivity index (χ1n) is 8.86. The van der Waals surface area contributed by atoms with Gasteiger partial charge in [0.15, 0.2) is 0 Å². The maximum absolute atomic E-state index is 6.04. The third kappa shape index (κ3) is 3.71. The summed E-state index contributed by atoms with van der Waals surface area (Å²) in [6, 6.07) is 22.1. The van der Waals surface area contributed by atoms with Crippen LogP contribution in [0.5, 0.6) is 0 Å². The number of hydrogen-bond acceptors (Lipinski definition) is 2. The van der Waals surface area contributed by atoms with Gasteiger partial charge in [-0.05, 0) is 45.0 Å². The first-order valence-corrected chi connectivity index (χ1v) is 8.86. The van der Waals surface area contributed by atoms with Crippen LogP contribution in [-0.2, 0) is 10.2 Å². The highest BCUT2D eigenvalue weighted by molar-refractivity contribution is 5.41. The highest BCUT2D eigenvalue weighted by Gasteiger charge is 2.42. The van der Waals surface area contributed by atoms with Gasteiger partial charge in [0.05, 0.1) is 6.10 Å². The van der Waals surface area contributed by atoms with Gasteiger partial charge < -0.3 is 9.64 Å². The van der Waals surface area contributed by atoms with E-state index in [4.69, 9.17) is 4.74 Å². The molecule has 0 spiro atoms. The van der Waals surface area contributed by atoms with E-state index in [1.807, 2.05) is 7.11 Å². The number of nitrogens with zero attached hydrogens (tertiary/aromatic N) is 1. The molecule has 0 fully saturated rings. The number of hydrogen-bond donors (Lipinski definition) is 0. The predicted octanol–water partition coefficient (Wildman–Crippen LogP) is 4.74. The van der Waals surface area contributed by atoms with E-state index in [1.165, 1.54) is 11.1 Å². The van der Waals surface area contributed by atoms with Crippen molar-refractivity contribution in [2.24, 2.45) is 0 Å². The van der Waals surface area contributed by atoms with Crippen LogP contribution in [0.4, 0.5) is 0 Å². The zero-order chi connectivity index (χ0) is 17.6. The Morgan fingerprint density at radius 3 is 1.71 bits per heavy atom. The van der Waals surface area contributed by atoms with Crippen LogP contribution in [0.3, 0.4) is 0 Å². The van der Waals surface area contributed by atoms with Crippen LogP contribution < -0.4 is 0 Å². The highest BCUT2D eigenvalue weighted by atomic mass is 16.5. The van der Waals surface area contributed by atoms with E-state index in [1.54, 1.807) is 0 Å². The van der Waals surface area contributed by atoms with Gasteiger partial charge in [0.2, 0.25) is 0 Å². The Balaban J connectivity index is 2.68. The van der Waals surface area contributed by atoms with Crippen molar-refractivity contribution in [3.63, 3.8) is 0 Å². The molecule has 2 nitrogen and oxygen atoms in total. The molecule has 0 aliphatic carbocycles. The third-order valence-corrected chi connectivity index (χ3v) is 5.28. The Kier molecular flexibility index (Phi) is 6.59. The number of benzene rings is 2. The molecule has 24 heavy (non-hydrogen) atoms. The van der Waals surface area contributed by atoms with Gasteiger partial charge in [0, 0.05) is 18.6 Å². The van der Waals surface area contributed by atoms with Gasteiger partial charge in [-0.3, -0.25) is 0 Å². The predicted molar refractivity (Wildman–Crippen MR) is 103 cm³/mol. The van der Waals surface area contributed by atoms with E-state index >= 15 is 0 Å². The maximum atomic E-state index is 6.04. The highest BCUT2D eigenvalue weighted by Crippen LogP contribution is 2.42. The summed E-state index contributed by atoms with van der Waals surface area (Å²) in [5, 5.41) is 0. The van der Waals surface area contributed by atoms with E-state index in [2.05, 4.69) is 93.5 Å². The number of methoxy groups -OCH3 is 1. The third-order valence-electron chi connectivity index (χ3n) is 5.28. The zero-order valence-corrected chi connectivity index (χ0v) is 15.7. The molecule has 0 radical (unpaired) electrons. The van der Waals surface area contributed by atoms with Crippen molar-refractivity contribution >= 4 is 0 Å². The average Bonchev–Trinajstić information content (AvgIpc) is 2.63. The van der Waals surface area contributed by atoms with Crippen molar-refractivity contribution in [2.75, 3.05) is 21.2 Å². The smallest absolute Gasteiger partial charge is 0.0706 e. The first kappa shape index (κ1) is 18.7. The molecule has 2 aromatic rings. The molecule has 0 saturated carbocycles. The summed E-state index contributed by atoms with van der Waals surface area (Å²) in [5.74, 6) is 0. The Bertz CT molecular complexity index is 550. The minimum atomic E-state index is -0.157. The lowest BCUT2D eigenvalue weighted by molar-refractivity contribution is 0.0317. The van der Waals surface area contributed by atoms with Gasteiger partial charge in [-0.2, -0.15) is 0 Å². The molecule has 0 heterocycles. The van der Waals surface area contributed by atoms with Crippen LogP contribution >= 0.6 is 0 Å². The fraction of sp³-hybridized carbons (Fsp3) is 0.455. The molecule has 130 valence electrons. The summed E-state index contributed by atoms with van der Waals surface area (Å²) in [6.07, 6.45) is 2.12. The molecule has 2 unspecified atom stereocenters. The summed E-state index contributed by atoms with van der Waals surface area (Å²) < 4.78 is 6.04. The summed E-state index contributed by atoms with van der Waals surface area (Å²) in [6.45, 7) is 4.51. The lowest BCUT2D eigenvalue weighted by atomic mass is 9.66. The molecule has 0 amide bonds. The van der Waals surface area contributed by atoms with Crippen LogP contribution in [-0.4, -0.2) is 38.3 Å². The Hall–Kier alpha value is -1.64. The lowest BCUT2D eigenvalue weighted by Gasteiger charge is -2.43.